The van der Waals surface area contributed by atoms with Gasteiger partial charge in [0.05, 0.1) is 10.6 Å². The van der Waals surface area contributed by atoms with Gasteiger partial charge in [0.1, 0.15) is 0 Å². The van der Waals surface area contributed by atoms with E-state index in [-0.39, 0.29) is 11.8 Å². The molecule has 162 valence electrons. The Kier molecular flexibility index (Phi) is 6.68. The number of rotatable bonds is 5. The largest absolute Gasteiger partial charge is 0.352 e. The number of likely N-dealkylation sites (N-methyl/N-ethyl adjacent to an activating group) is 1. The highest BCUT2D eigenvalue weighted by atomic mass is 35.5. The molecule has 3 aromatic rings. The van der Waals surface area contributed by atoms with Gasteiger partial charge in [0.15, 0.2) is 0 Å². The molecule has 0 saturated carbocycles. The molecule has 0 saturated heterocycles. The second kappa shape index (κ2) is 9.63. The third-order valence-electron chi connectivity index (χ3n) is 5.31. The fourth-order valence-corrected chi connectivity index (χ4v) is 4.64. The Morgan fingerprint density at radius 2 is 1.78 bits per heavy atom. The molecule has 0 atom stereocenters. The van der Waals surface area contributed by atoms with E-state index < -0.39 is 0 Å². The average molecular weight is 463 g/mol. The Morgan fingerprint density at radius 3 is 2.50 bits per heavy atom. The predicted molar refractivity (Wildman–Crippen MR) is 132 cm³/mol. The van der Waals surface area contributed by atoms with Crippen LogP contribution in [0.4, 0.5) is 5.69 Å². The van der Waals surface area contributed by atoms with E-state index >= 15 is 0 Å². The zero-order chi connectivity index (χ0) is 22.7. The number of nitrogens with zero attached hydrogens (tertiary/aromatic N) is 1. The zero-order valence-corrected chi connectivity index (χ0v) is 19.5. The van der Waals surface area contributed by atoms with Gasteiger partial charge in [-0.25, -0.2) is 0 Å². The van der Waals surface area contributed by atoms with Crippen molar-refractivity contribution in [1.82, 2.24) is 5.32 Å². The van der Waals surface area contributed by atoms with E-state index in [1.165, 1.54) is 17.3 Å². The first kappa shape index (κ1) is 22.2. The number of benzene rings is 3. The van der Waals surface area contributed by atoms with Crippen LogP contribution >= 0.6 is 23.4 Å². The molecular formula is C26H23ClN2O2S. The van der Waals surface area contributed by atoms with Crippen molar-refractivity contribution >= 4 is 46.9 Å². The van der Waals surface area contributed by atoms with E-state index in [2.05, 4.69) is 5.32 Å². The van der Waals surface area contributed by atoms with Crippen LogP contribution in [-0.4, -0.2) is 25.4 Å². The normalized spacial score (nSPS) is 14.4. The van der Waals surface area contributed by atoms with Crippen molar-refractivity contribution in [3.63, 3.8) is 0 Å². The van der Waals surface area contributed by atoms with Gasteiger partial charge >= 0.3 is 0 Å². The number of nitrogens with one attached hydrogen (secondary N) is 1. The molecule has 2 amide bonds. The number of hydrogen-bond donors (Lipinski definition) is 1. The molecule has 0 spiro atoms. The molecule has 1 N–H and O–H groups in total. The Bertz CT molecular complexity index is 1190. The summed E-state index contributed by atoms with van der Waals surface area (Å²) in [4.78, 5) is 28.8. The summed E-state index contributed by atoms with van der Waals surface area (Å²) < 4.78 is 0. The standard InChI is InChI=1S/C26H23ClN2O2S/c1-17-3-5-19(6-4-17)15-24-26(31)29(2)22-16-20(9-12-23(22)32-24)25(30)28-14-13-18-7-10-21(27)11-8-18/h3-12,15-16H,13-14H2,1-2H3,(H,28,30)/b24-15-. The van der Waals surface area contributed by atoms with Gasteiger partial charge in [-0.1, -0.05) is 65.3 Å². The lowest BCUT2D eigenvalue weighted by Gasteiger charge is -2.27. The highest BCUT2D eigenvalue weighted by molar-refractivity contribution is 8.04. The fourth-order valence-electron chi connectivity index (χ4n) is 3.42. The van der Waals surface area contributed by atoms with Crippen LogP contribution in [0.3, 0.4) is 0 Å². The van der Waals surface area contributed by atoms with E-state index in [1.807, 2.05) is 67.6 Å². The van der Waals surface area contributed by atoms with Gasteiger partial charge in [0.25, 0.3) is 11.8 Å². The summed E-state index contributed by atoms with van der Waals surface area (Å²) in [6.45, 7) is 2.55. The van der Waals surface area contributed by atoms with E-state index in [9.17, 15) is 9.59 Å². The monoisotopic (exact) mass is 462 g/mol. The third-order valence-corrected chi connectivity index (χ3v) is 6.63. The van der Waals surface area contributed by atoms with Gasteiger partial charge in [-0.3, -0.25) is 9.59 Å². The lowest BCUT2D eigenvalue weighted by Crippen LogP contribution is -2.31. The highest BCUT2D eigenvalue weighted by Crippen LogP contribution is 2.42. The van der Waals surface area contributed by atoms with Crippen LogP contribution in [-0.2, 0) is 11.2 Å². The number of fused-ring (bicyclic) bond motifs is 1. The Morgan fingerprint density at radius 1 is 1.06 bits per heavy atom. The van der Waals surface area contributed by atoms with Crippen LogP contribution < -0.4 is 10.2 Å². The maximum Gasteiger partial charge on any atom is 0.264 e. The second-order valence-electron chi connectivity index (χ2n) is 7.70. The third kappa shape index (κ3) is 5.06. The number of aryl methyl sites for hydroxylation is 1. The molecule has 0 radical (unpaired) electrons. The van der Waals surface area contributed by atoms with E-state index in [0.29, 0.717) is 22.0 Å². The Balaban J connectivity index is 1.46. The molecule has 0 aliphatic carbocycles. The van der Waals surface area contributed by atoms with E-state index in [1.54, 1.807) is 24.1 Å². The number of thioether (sulfide) groups is 1. The van der Waals surface area contributed by atoms with Crippen LogP contribution in [0.5, 0.6) is 0 Å². The van der Waals surface area contributed by atoms with Crippen molar-refractivity contribution in [2.75, 3.05) is 18.5 Å². The number of carbonyl (C=O) groups is 2. The minimum Gasteiger partial charge on any atom is -0.352 e. The van der Waals surface area contributed by atoms with Crippen LogP contribution in [0.15, 0.2) is 76.5 Å². The minimum absolute atomic E-state index is 0.0802. The number of carbonyl (C=O) groups excluding carboxylic acids is 2. The number of hydrogen-bond acceptors (Lipinski definition) is 3. The van der Waals surface area contributed by atoms with E-state index in [4.69, 9.17) is 11.6 Å². The fraction of sp³-hybridized carbons (Fsp3) is 0.154. The van der Waals surface area contributed by atoms with E-state index in [0.717, 1.165) is 28.1 Å². The minimum atomic E-state index is -0.159. The molecule has 1 aliphatic heterocycles. The van der Waals surface area contributed by atoms with Crippen molar-refractivity contribution in [2.45, 2.75) is 18.2 Å². The molecule has 0 bridgehead atoms. The quantitative estimate of drug-likeness (QED) is 0.492. The van der Waals surface area contributed by atoms with Crippen LogP contribution in [0.2, 0.25) is 5.02 Å². The number of amides is 2. The highest BCUT2D eigenvalue weighted by Gasteiger charge is 2.27. The van der Waals surface area contributed by atoms with Gasteiger partial charge < -0.3 is 10.2 Å². The molecule has 32 heavy (non-hydrogen) atoms. The number of halogens is 1. The van der Waals surface area contributed by atoms with Gasteiger partial charge in [0.2, 0.25) is 0 Å². The summed E-state index contributed by atoms with van der Waals surface area (Å²) in [5.41, 5.74) is 4.54. The summed E-state index contributed by atoms with van der Waals surface area (Å²) >= 11 is 7.34. The predicted octanol–water partition coefficient (Wildman–Crippen LogP) is 5.73. The van der Waals surface area contributed by atoms with Crippen LogP contribution in [0.1, 0.15) is 27.0 Å². The Hall–Kier alpha value is -3.02. The molecule has 4 nitrogen and oxygen atoms in total. The molecule has 4 rings (SSSR count). The lowest BCUT2D eigenvalue weighted by molar-refractivity contribution is -0.114. The van der Waals surface area contributed by atoms with Crippen LogP contribution in [0.25, 0.3) is 6.08 Å². The Labute approximate surface area is 197 Å². The van der Waals surface area contributed by atoms with Gasteiger partial charge in [-0.05, 0) is 60.9 Å². The number of anilines is 1. The van der Waals surface area contributed by atoms with Crippen molar-refractivity contribution in [3.05, 3.63) is 98.9 Å². The second-order valence-corrected chi connectivity index (χ2v) is 9.22. The summed E-state index contributed by atoms with van der Waals surface area (Å²) in [5.74, 6) is -0.239. The first-order chi connectivity index (χ1) is 15.4. The van der Waals surface area contributed by atoms with Crippen molar-refractivity contribution in [2.24, 2.45) is 0 Å². The summed E-state index contributed by atoms with van der Waals surface area (Å²) in [6, 6.07) is 21.1. The molecule has 1 heterocycles. The molecule has 3 aromatic carbocycles. The molecular weight excluding hydrogens is 440 g/mol. The molecule has 6 heteroatoms. The van der Waals surface area contributed by atoms with Gasteiger partial charge in [0, 0.05) is 29.1 Å². The topological polar surface area (TPSA) is 49.4 Å². The molecule has 0 unspecified atom stereocenters. The maximum atomic E-state index is 12.9. The zero-order valence-electron chi connectivity index (χ0n) is 17.9. The summed E-state index contributed by atoms with van der Waals surface area (Å²) in [7, 11) is 1.74. The van der Waals surface area contributed by atoms with Crippen molar-refractivity contribution in [3.8, 4) is 0 Å². The first-order valence-corrected chi connectivity index (χ1v) is 11.5. The van der Waals surface area contributed by atoms with Crippen LogP contribution in [0, 0.1) is 6.92 Å². The SMILES string of the molecule is Cc1ccc(/C=C2\Sc3ccc(C(=O)NCCc4ccc(Cl)cc4)cc3N(C)C2=O)cc1. The lowest BCUT2D eigenvalue weighted by atomic mass is 10.1. The summed E-state index contributed by atoms with van der Waals surface area (Å²) in [5, 5.41) is 3.64. The maximum absolute atomic E-state index is 12.9. The van der Waals surface area contributed by atoms with Crippen molar-refractivity contribution in [1.29, 1.82) is 0 Å². The first-order valence-electron chi connectivity index (χ1n) is 10.3. The molecule has 1 aliphatic rings. The van der Waals surface area contributed by atoms with Gasteiger partial charge in [-0.15, -0.1) is 0 Å². The smallest absolute Gasteiger partial charge is 0.264 e. The molecule has 0 fully saturated rings. The summed E-state index contributed by atoms with van der Waals surface area (Å²) in [6.07, 6.45) is 2.62. The molecule has 0 aromatic heterocycles. The van der Waals surface area contributed by atoms with Gasteiger partial charge in [-0.2, -0.15) is 0 Å². The average Bonchev–Trinajstić information content (AvgIpc) is 2.80. The van der Waals surface area contributed by atoms with Crippen molar-refractivity contribution < 1.29 is 9.59 Å².